The van der Waals surface area contributed by atoms with E-state index in [1.165, 1.54) is 11.1 Å². The molecule has 1 nitrogen and oxygen atoms in total. The maximum absolute atomic E-state index is 5.22. The van der Waals surface area contributed by atoms with Gasteiger partial charge in [-0.25, -0.2) is 0 Å². The molecule has 0 bridgehead atoms. The lowest BCUT2D eigenvalue weighted by Crippen LogP contribution is -2.23. The molecule has 2 rings (SSSR count). The van der Waals surface area contributed by atoms with Gasteiger partial charge in [-0.2, -0.15) is 0 Å². The predicted molar refractivity (Wildman–Crippen MR) is 86.2 cm³/mol. The Morgan fingerprint density at radius 2 is 1.00 bits per heavy atom. The molecule has 0 saturated heterocycles. The van der Waals surface area contributed by atoms with Crippen molar-refractivity contribution in [2.45, 2.75) is 19.6 Å². The molecule has 0 amide bonds. The Morgan fingerprint density at radius 1 is 0.722 bits per heavy atom. The average Bonchev–Trinajstić information content (AvgIpc) is 2.41. The zero-order valence-electron chi connectivity index (χ0n) is 11.7. The number of rotatable bonds is 2. The van der Waals surface area contributed by atoms with Crippen molar-refractivity contribution in [2.24, 2.45) is 0 Å². The number of hydrogen-bond acceptors (Lipinski definition) is 1. The van der Waals surface area contributed by atoms with Crippen molar-refractivity contribution in [2.75, 3.05) is 0 Å². The summed E-state index contributed by atoms with van der Waals surface area (Å²) in [5, 5.41) is 0. The summed E-state index contributed by atoms with van der Waals surface area (Å²) in [5.41, 5.74) is 2.55. The third-order valence-corrected chi connectivity index (χ3v) is 7.39. The number of benzene rings is 2. The van der Waals surface area contributed by atoms with Gasteiger partial charge in [0.1, 0.15) is 10.5 Å². The van der Waals surface area contributed by atoms with E-state index in [4.69, 9.17) is 4.12 Å². The lowest BCUT2D eigenvalue weighted by Gasteiger charge is -2.11. The van der Waals surface area contributed by atoms with Crippen LogP contribution < -0.4 is 0 Å². The molecule has 0 N–H and O–H groups in total. The zero-order valence-corrected chi connectivity index (χ0v) is 14.7. The summed E-state index contributed by atoms with van der Waals surface area (Å²) >= 11 is 0. The van der Waals surface area contributed by atoms with Crippen molar-refractivity contribution in [3.05, 3.63) is 60.7 Å². The molecule has 0 radical (unpaired) electrons. The smallest absolute Gasteiger partial charge is 0.169 e. The van der Waals surface area contributed by atoms with E-state index in [-0.39, 0.29) is 0 Å². The Kier molecular flexibility index (Phi) is 6.05. The molecule has 0 aromatic heterocycles. The molecular weight excluding hydrogens is 252 g/mol. The lowest BCUT2D eigenvalue weighted by atomic mass is 10.1. The van der Waals surface area contributed by atoms with Crippen LogP contribution in [0.25, 0.3) is 11.1 Å². The number of hydrogen-bond donors (Lipinski definition) is 0. The fourth-order valence-electron chi connectivity index (χ4n) is 1.26. The topological polar surface area (TPSA) is 9.23 Å². The van der Waals surface area contributed by atoms with Crippen molar-refractivity contribution in [1.29, 1.82) is 0 Å². The maximum Gasteiger partial charge on any atom is 0.169 e. The first-order chi connectivity index (χ1) is 8.53. The standard InChI is InChI=1S/C12H10.C3H12OSi2/c1-3-7-11(8-4-1)12-9-5-2-6-10-12;1-6(2,3)4-5/h1-10H;1-3,5H3. The quantitative estimate of drug-likeness (QED) is 0.762. The van der Waals surface area contributed by atoms with Gasteiger partial charge in [-0.15, -0.1) is 0 Å². The van der Waals surface area contributed by atoms with Gasteiger partial charge in [0.15, 0.2) is 8.32 Å². The van der Waals surface area contributed by atoms with Gasteiger partial charge in [0.05, 0.1) is 0 Å². The van der Waals surface area contributed by atoms with Crippen LogP contribution in [0.3, 0.4) is 0 Å². The second-order valence-electron chi connectivity index (χ2n) is 5.05. The van der Waals surface area contributed by atoms with Crippen LogP contribution in [-0.4, -0.2) is 18.8 Å². The largest absolute Gasteiger partial charge is 0.464 e. The van der Waals surface area contributed by atoms with Crippen molar-refractivity contribution >= 4 is 18.8 Å². The molecular formula is C15H22OSi2. The van der Waals surface area contributed by atoms with Gasteiger partial charge in [0.25, 0.3) is 0 Å². The first kappa shape index (κ1) is 14.9. The van der Waals surface area contributed by atoms with E-state index in [0.29, 0.717) is 0 Å². The normalized spacial score (nSPS) is 10.6. The van der Waals surface area contributed by atoms with Gasteiger partial charge in [0.2, 0.25) is 0 Å². The molecule has 0 aliphatic heterocycles. The predicted octanol–water partition coefficient (Wildman–Crippen LogP) is 3.47. The highest BCUT2D eigenvalue weighted by Gasteiger charge is 2.08. The molecule has 2 aromatic rings. The van der Waals surface area contributed by atoms with E-state index < -0.39 is 8.32 Å². The Bertz CT molecular complexity index is 398. The van der Waals surface area contributed by atoms with Crippen LogP contribution in [-0.2, 0) is 4.12 Å². The molecule has 3 heteroatoms. The highest BCUT2D eigenvalue weighted by atomic mass is 28.4. The zero-order chi connectivity index (χ0) is 13.4. The van der Waals surface area contributed by atoms with E-state index in [9.17, 15) is 0 Å². The highest BCUT2D eigenvalue weighted by Crippen LogP contribution is 2.17. The second kappa shape index (κ2) is 7.31. The summed E-state index contributed by atoms with van der Waals surface area (Å²) in [6.45, 7) is 6.58. The van der Waals surface area contributed by atoms with E-state index in [1.54, 1.807) is 0 Å². The molecule has 96 valence electrons. The van der Waals surface area contributed by atoms with Gasteiger partial charge >= 0.3 is 0 Å². The van der Waals surface area contributed by atoms with Crippen LogP contribution in [0.4, 0.5) is 0 Å². The summed E-state index contributed by atoms with van der Waals surface area (Å²) in [4.78, 5) is 0. The molecule has 0 heterocycles. The van der Waals surface area contributed by atoms with Gasteiger partial charge < -0.3 is 4.12 Å². The summed E-state index contributed by atoms with van der Waals surface area (Å²) < 4.78 is 5.22. The van der Waals surface area contributed by atoms with Gasteiger partial charge in [-0.05, 0) is 30.8 Å². The summed E-state index contributed by atoms with van der Waals surface area (Å²) in [6, 6.07) is 20.8. The minimum Gasteiger partial charge on any atom is -0.464 e. The monoisotopic (exact) mass is 274 g/mol. The van der Waals surface area contributed by atoms with E-state index >= 15 is 0 Å². The first-order valence-electron chi connectivity index (χ1n) is 6.18. The SMILES string of the molecule is C[Si](C)(C)O[SiH3].c1ccc(-c2ccccc2)cc1. The average molecular weight is 275 g/mol. The Labute approximate surface area is 115 Å². The van der Waals surface area contributed by atoms with E-state index in [0.717, 1.165) is 10.5 Å². The van der Waals surface area contributed by atoms with Crippen LogP contribution in [0.1, 0.15) is 0 Å². The maximum atomic E-state index is 5.22. The molecule has 0 spiro atoms. The molecule has 0 unspecified atom stereocenters. The molecule has 0 saturated carbocycles. The minimum absolute atomic E-state index is 0.910. The van der Waals surface area contributed by atoms with E-state index in [2.05, 4.69) is 68.2 Å². The third-order valence-electron chi connectivity index (χ3n) is 2.49. The molecule has 0 fully saturated rings. The van der Waals surface area contributed by atoms with Crippen LogP contribution in [0.5, 0.6) is 0 Å². The fourth-order valence-corrected chi connectivity index (χ4v) is 1.26. The lowest BCUT2D eigenvalue weighted by molar-refractivity contribution is 0.620. The Hall–Kier alpha value is -1.17. The minimum atomic E-state index is -1.07. The van der Waals surface area contributed by atoms with E-state index in [1.807, 2.05) is 12.1 Å². The van der Waals surface area contributed by atoms with Gasteiger partial charge in [0, 0.05) is 0 Å². The molecule has 0 atom stereocenters. The third kappa shape index (κ3) is 5.95. The Morgan fingerprint density at radius 3 is 1.22 bits per heavy atom. The van der Waals surface area contributed by atoms with Crippen LogP contribution >= 0.6 is 0 Å². The van der Waals surface area contributed by atoms with Gasteiger partial charge in [-0.3, -0.25) is 0 Å². The fraction of sp³-hybridized carbons (Fsp3) is 0.200. The van der Waals surface area contributed by atoms with Gasteiger partial charge in [-0.1, -0.05) is 60.7 Å². The van der Waals surface area contributed by atoms with Crippen molar-refractivity contribution in [3.8, 4) is 11.1 Å². The molecule has 2 aromatic carbocycles. The summed E-state index contributed by atoms with van der Waals surface area (Å²) in [5.74, 6) is 0. The summed E-state index contributed by atoms with van der Waals surface area (Å²) in [6.07, 6.45) is 0. The van der Waals surface area contributed by atoms with Crippen LogP contribution in [0.15, 0.2) is 60.7 Å². The Balaban J connectivity index is 0.000000232. The molecule has 0 aliphatic carbocycles. The summed E-state index contributed by atoms with van der Waals surface area (Å²) in [7, 11) is -0.160. The molecule has 18 heavy (non-hydrogen) atoms. The van der Waals surface area contributed by atoms with Crippen molar-refractivity contribution in [3.63, 3.8) is 0 Å². The van der Waals surface area contributed by atoms with Crippen molar-refractivity contribution < 1.29 is 4.12 Å². The van der Waals surface area contributed by atoms with Crippen LogP contribution in [0, 0.1) is 0 Å². The van der Waals surface area contributed by atoms with Crippen LogP contribution in [0.2, 0.25) is 19.6 Å². The highest BCUT2D eigenvalue weighted by molar-refractivity contribution is 6.72. The first-order valence-corrected chi connectivity index (χ1v) is 10.4. The second-order valence-corrected chi connectivity index (χ2v) is 10.9. The van der Waals surface area contributed by atoms with Crippen molar-refractivity contribution in [1.82, 2.24) is 0 Å². The molecule has 0 aliphatic rings.